The highest BCUT2D eigenvalue weighted by atomic mass is 32.1. The summed E-state index contributed by atoms with van der Waals surface area (Å²) in [6, 6.07) is 7.54. The van der Waals surface area contributed by atoms with E-state index in [1.807, 2.05) is 45.0 Å². The number of methoxy groups -OCH3 is 1. The van der Waals surface area contributed by atoms with Gasteiger partial charge in [-0.05, 0) is 46.2 Å². The molecule has 2 atom stereocenters. The zero-order valence-electron chi connectivity index (χ0n) is 22.7. The Morgan fingerprint density at radius 2 is 2.00 bits per heavy atom. The molecule has 4 rings (SSSR count). The molecule has 2 aromatic rings. The van der Waals surface area contributed by atoms with Crippen molar-refractivity contribution in [3.63, 3.8) is 0 Å². The van der Waals surface area contributed by atoms with Crippen molar-refractivity contribution < 1.29 is 33.3 Å². The van der Waals surface area contributed by atoms with E-state index in [0.717, 1.165) is 5.56 Å². The highest BCUT2D eigenvalue weighted by Crippen LogP contribution is 2.36. The lowest BCUT2D eigenvalue weighted by atomic mass is 10.1. The summed E-state index contributed by atoms with van der Waals surface area (Å²) in [5.74, 6) is 0.300. The summed E-state index contributed by atoms with van der Waals surface area (Å²) >= 11 is 1.29. The van der Waals surface area contributed by atoms with E-state index in [1.54, 1.807) is 18.9 Å². The second-order valence-corrected chi connectivity index (χ2v) is 11.3. The largest absolute Gasteiger partial charge is 0.485 e. The van der Waals surface area contributed by atoms with Crippen molar-refractivity contribution in [1.82, 2.24) is 15.2 Å². The van der Waals surface area contributed by atoms with Gasteiger partial charge in [0, 0.05) is 26.2 Å². The number of nitrogens with one attached hydrogen (secondary N) is 1. The van der Waals surface area contributed by atoms with Crippen LogP contribution in [0, 0.1) is 0 Å². The Kier molecular flexibility index (Phi) is 9.24. The van der Waals surface area contributed by atoms with E-state index in [-0.39, 0.29) is 30.9 Å². The molecule has 2 aliphatic heterocycles. The van der Waals surface area contributed by atoms with Gasteiger partial charge in [0.1, 0.15) is 27.3 Å². The van der Waals surface area contributed by atoms with Gasteiger partial charge in [-0.3, -0.25) is 0 Å². The molecule has 0 unspecified atom stereocenters. The predicted molar refractivity (Wildman–Crippen MR) is 143 cm³/mol. The summed E-state index contributed by atoms with van der Waals surface area (Å²) in [4.78, 5) is 32.6. The molecular formula is C27H37N3O7S. The van der Waals surface area contributed by atoms with Gasteiger partial charge in [-0.1, -0.05) is 12.1 Å². The van der Waals surface area contributed by atoms with Crippen LogP contribution >= 0.6 is 11.3 Å². The van der Waals surface area contributed by atoms with Crippen molar-refractivity contribution in [1.29, 1.82) is 0 Å². The molecule has 11 heteroatoms. The number of hydrogen-bond acceptors (Lipinski definition) is 10. The van der Waals surface area contributed by atoms with Gasteiger partial charge in [0.15, 0.2) is 0 Å². The van der Waals surface area contributed by atoms with Crippen molar-refractivity contribution in [2.45, 2.75) is 64.4 Å². The van der Waals surface area contributed by atoms with Crippen molar-refractivity contribution in [2.24, 2.45) is 0 Å². The number of thiazole rings is 1. The monoisotopic (exact) mass is 547 g/mol. The zero-order valence-corrected chi connectivity index (χ0v) is 23.5. The second kappa shape index (κ2) is 12.4. The molecule has 2 aliphatic rings. The first-order chi connectivity index (χ1) is 18.2. The maximum atomic E-state index is 12.8. The summed E-state index contributed by atoms with van der Waals surface area (Å²) in [5, 5.41) is 4.17. The molecule has 2 fully saturated rings. The topological polar surface area (TPSA) is 108 Å². The average molecular weight is 548 g/mol. The SMILES string of the molecule is CCOC(=O)c1sc(-c2ccccc2OC2COC2)nc1CN[C@@H]1C[C@@H](COC)N(C(=O)OC(C)(C)C)C1. The van der Waals surface area contributed by atoms with Crippen molar-refractivity contribution in [3.8, 4) is 16.3 Å². The summed E-state index contributed by atoms with van der Waals surface area (Å²) in [6.45, 7) is 9.93. The first kappa shape index (κ1) is 28.3. The fourth-order valence-electron chi connectivity index (χ4n) is 4.35. The number of esters is 1. The number of nitrogens with zero attached hydrogens (tertiary/aromatic N) is 2. The summed E-state index contributed by atoms with van der Waals surface area (Å²) in [7, 11) is 1.62. The Hall–Kier alpha value is -2.73. The van der Waals surface area contributed by atoms with E-state index in [2.05, 4.69) is 5.32 Å². The maximum absolute atomic E-state index is 12.8. The minimum absolute atomic E-state index is 0.0112. The van der Waals surface area contributed by atoms with E-state index >= 15 is 0 Å². The Labute approximate surface area is 227 Å². The third-order valence-corrected chi connectivity index (χ3v) is 7.25. The van der Waals surface area contributed by atoms with Gasteiger partial charge in [-0.15, -0.1) is 11.3 Å². The van der Waals surface area contributed by atoms with Crippen molar-refractivity contribution >= 4 is 23.4 Å². The molecule has 208 valence electrons. The van der Waals surface area contributed by atoms with E-state index in [0.29, 0.717) is 60.7 Å². The minimum atomic E-state index is -0.586. The molecule has 10 nitrogen and oxygen atoms in total. The van der Waals surface area contributed by atoms with Gasteiger partial charge in [0.2, 0.25) is 0 Å². The van der Waals surface area contributed by atoms with Crippen LogP contribution in [0.1, 0.15) is 49.5 Å². The molecule has 1 aromatic carbocycles. The number of aromatic nitrogens is 1. The Morgan fingerprint density at radius 1 is 1.24 bits per heavy atom. The molecule has 3 heterocycles. The summed E-state index contributed by atoms with van der Waals surface area (Å²) in [6.07, 6.45) is 0.344. The standard InChI is InChI=1S/C27H37N3O7S/c1-6-35-25(31)23-21(29-24(38-23)20-9-7-8-10-22(20)36-19-15-34-16-19)12-28-17-11-18(14-33-5)30(13-17)26(32)37-27(2,3)4/h7-10,17-19,28H,6,11-16H2,1-5H3/t17-,18+/m1/s1. The first-order valence-corrected chi connectivity index (χ1v) is 13.7. The molecule has 0 bridgehead atoms. The highest BCUT2D eigenvalue weighted by Gasteiger charge is 2.37. The molecule has 1 aromatic heterocycles. The van der Waals surface area contributed by atoms with Crippen LogP contribution in [-0.2, 0) is 25.5 Å². The van der Waals surface area contributed by atoms with Gasteiger partial charge in [0.25, 0.3) is 0 Å². The molecule has 1 N–H and O–H groups in total. The van der Waals surface area contributed by atoms with Crippen LogP contribution in [0.15, 0.2) is 24.3 Å². The van der Waals surface area contributed by atoms with E-state index in [9.17, 15) is 9.59 Å². The molecule has 38 heavy (non-hydrogen) atoms. The molecule has 0 aliphatic carbocycles. The van der Waals surface area contributed by atoms with Gasteiger partial charge >= 0.3 is 12.1 Å². The molecule has 2 saturated heterocycles. The number of benzene rings is 1. The van der Waals surface area contributed by atoms with Crippen LogP contribution in [0.4, 0.5) is 4.79 Å². The summed E-state index contributed by atoms with van der Waals surface area (Å²) in [5.41, 5.74) is 0.833. The number of ether oxygens (including phenoxy) is 5. The highest BCUT2D eigenvalue weighted by molar-refractivity contribution is 7.17. The molecule has 0 spiro atoms. The molecular weight excluding hydrogens is 510 g/mol. The number of amides is 1. The van der Waals surface area contributed by atoms with Gasteiger partial charge in [-0.2, -0.15) is 0 Å². The number of rotatable bonds is 10. The third-order valence-electron chi connectivity index (χ3n) is 6.14. The quantitative estimate of drug-likeness (QED) is 0.443. The van der Waals surface area contributed by atoms with Crippen LogP contribution in [0.2, 0.25) is 0 Å². The predicted octanol–water partition coefficient (Wildman–Crippen LogP) is 3.88. The fourth-order valence-corrected chi connectivity index (χ4v) is 5.36. The maximum Gasteiger partial charge on any atom is 0.410 e. The van der Waals surface area contributed by atoms with Gasteiger partial charge in [0.05, 0.1) is 43.7 Å². The van der Waals surface area contributed by atoms with Crippen LogP contribution in [-0.4, -0.2) is 85.8 Å². The van der Waals surface area contributed by atoms with Gasteiger partial charge in [-0.25, -0.2) is 14.6 Å². The van der Waals surface area contributed by atoms with Crippen LogP contribution in [0.25, 0.3) is 10.6 Å². The minimum Gasteiger partial charge on any atom is -0.485 e. The zero-order chi connectivity index (χ0) is 27.3. The molecule has 0 radical (unpaired) electrons. The lowest BCUT2D eigenvalue weighted by Gasteiger charge is -2.28. The third kappa shape index (κ3) is 7.02. The van der Waals surface area contributed by atoms with E-state index < -0.39 is 11.6 Å². The van der Waals surface area contributed by atoms with Crippen molar-refractivity contribution in [3.05, 3.63) is 34.8 Å². The van der Waals surface area contributed by atoms with Crippen LogP contribution < -0.4 is 10.1 Å². The van der Waals surface area contributed by atoms with Gasteiger partial charge < -0.3 is 33.9 Å². The van der Waals surface area contributed by atoms with Crippen LogP contribution in [0.5, 0.6) is 5.75 Å². The lowest BCUT2D eigenvalue weighted by molar-refractivity contribution is -0.0794. The number of carbonyl (C=O) groups is 2. The van der Waals surface area contributed by atoms with Crippen LogP contribution in [0.3, 0.4) is 0 Å². The summed E-state index contributed by atoms with van der Waals surface area (Å²) < 4.78 is 27.6. The number of carbonyl (C=O) groups excluding carboxylic acids is 2. The fraction of sp³-hybridized carbons (Fsp3) is 0.593. The number of hydrogen-bond donors (Lipinski definition) is 1. The normalized spacial score (nSPS) is 19.8. The number of likely N-dealkylation sites (tertiary alicyclic amines) is 1. The smallest absolute Gasteiger partial charge is 0.410 e. The Morgan fingerprint density at radius 3 is 2.66 bits per heavy atom. The van der Waals surface area contributed by atoms with Crippen molar-refractivity contribution in [2.75, 3.05) is 40.1 Å². The number of para-hydroxylation sites is 1. The lowest BCUT2D eigenvalue weighted by Crippen LogP contribution is -2.42. The Bertz CT molecular complexity index is 1110. The van der Waals surface area contributed by atoms with E-state index in [4.69, 9.17) is 28.7 Å². The molecule has 0 saturated carbocycles. The first-order valence-electron chi connectivity index (χ1n) is 12.9. The second-order valence-electron chi connectivity index (χ2n) is 10.3. The average Bonchev–Trinajstić information content (AvgIpc) is 3.44. The van der Waals surface area contributed by atoms with E-state index in [1.165, 1.54) is 11.3 Å². The Balaban J connectivity index is 1.51. The molecule has 1 amide bonds.